The molecule has 1 aromatic rings. The topological polar surface area (TPSA) is 61.4 Å². The monoisotopic (exact) mass is 355 g/mol. The van der Waals surface area contributed by atoms with E-state index in [1.807, 2.05) is 32.9 Å². The molecule has 1 aliphatic rings. The molecule has 5 nitrogen and oxygen atoms in total. The Kier molecular flexibility index (Phi) is 6.00. The first-order valence-corrected chi connectivity index (χ1v) is 9.84. The van der Waals surface area contributed by atoms with Crippen molar-refractivity contribution in [1.29, 1.82) is 0 Å². The maximum absolute atomic E-state index is 12.9. The second kappa shape index (κ2) is 7.59. The SMILES string of the molecule is Cc1ccc(NC(=S)NC(C)C)cc1S(=O)(=O)N1CCCCC1. The predicted molar refractivity (Wildman–Crippen MR) is 98.3 cm³/mol. The van der Waals surface area contributed by atoms with Gasteiger partial charge in [0.2, 0.25) is 10.0 Å². The molecule has 0 spiro atoms. The lowest BCUT2D eigenvalue weighted by Gasteiger charge is -2.26. The minimum Gasteiger partial charge on any atom is -0.360 e. The molecule has 128 valence electrons. The number of nitrogens with one attached hydrogen (secondary N) is 2. The lowest BCUT2D eigenvalue weighted by molar-refractivity contribution is 0.346. The second-order valence-electron chi connectivity index (χ2n) is 6.20. The first kappa shape index (κ1) is 18.2. The summed E-state index contributed by atoms with van der Waals surface area (Å²) in [5.41, 5.74) is 1.44. The first-order chi connectivity index (χ1) is 10.8. The van der Waals surface area contributed by atoms with Gasteiger partial charge < -0.3 is 10.6 Å². The third kappa shape index (κ3) is 4.65. The second-order valence-corrected chi connectivity index (χ2v) is 8.51. The minimum absolute atomic E-state index is 0.219. The van der Waals surface area contributed by atoms with E-state index in [2.05, 4.69) is 10.6 Å². The van der Waals surface area contributed by atoms with Crippen molar-refractivity contribution in [3.05, 3.63) is 23.8 Å². The van der Waals surface area contributed by atoms with Crippen molar-refractivity contribution in [3.63, 3.8) is 0 Å². The van der Waals surface area contributed by atoms with Gasteiger partial charge in [0.05, 0.1) is 4.90 Å². The summed E-state index contributed by atoms with van der Waals surface area (Å²) in [6.07, 6.45) is 2.96. The van der Waals surface area contributed by atoms with E-state index in [9.17, 15) is 8.42 Å². The molecule has 23 heavy (non-hydrogen) atoms. The smallest absolute Gasteiger partial charge is 0.243 e. The fraction of sp³-hybridized carbons (Fsp3) is 0.562. The van der Waals surface area contributed by atoms with Crippen molar-refractivity contribution < 1.29 is 8.42 Å². The van der Waals surface area contributed by atoms with Crippen molar-refractivity contribution in [3.8, 4) is 0 Å². The molecule has 0 atom stereocenters. The van der Waals surface area contributed by atoms with E-state index < -0.39 is 10.0 Å². The molecule has 1 aromatic carbocycles. The predicted octanol–water partition coefficient (Wildman–Crippen LogP) is 2.86. The van der Waals surface area contributed by atoms with Crippen molar-refractivity contribution in [2.45, 2.75) is 51.0 Å². The number of piperidine rings is 1. The maximum atomic E-state index is 12.9. The van der Waals surface area contributed by atoms with Gasteiger partial charge in [-0.05, 0) is 63.5 Å². The standard InChI is InChI=1S/C16H25N3O2S2/c1-12(2)17-16(22)18-14-8-7-13(3)15(11-14)23(20,21)19-9-5-4-6-10-19/h7-8,11-12H,4-6,9-10H2,1-3H3,(H2,17,18,22). The molecule has 2 N–H and O–H groups in total. The van der Waals surface area contributed by atoms with Gasteiger partial charge in [0, 0.05) is 24.8 Å². The van der Waals surface area contributed by atoms with Crippen molar-refractivity contribution in [2.24, 2.45) is 0 Å². The highest BCUT2D eigenvalue weighted by atomic mass is 32.2. The Morgan fingerprint density at radius 2 is 1.87 bits per heavy atom. The van der Waals surface area contributed by atoms with Gasteiger partial charge in [0.25, 0.3) is 0 Å². The zero-order valence-electron chi connectivity index (χ0n) is 13.9. The molecule has 0 saturated carbocycles. The van der Waals surface area contributed by atoms with Crippen LogP contribution in [0.3, 0.4) is 0 Å². The van der Waals surface area contributed by atoms with Crippen LogP contribution in [0.25, 0.3) is 0 Å². The minimum atomic E-state index is -3.44. The molecule has 0 amide bonds. The fourth-order valence-corrected chi connectivity index (χ4v) is 4.75. The number of hydrogen-bond donors (Lipinski definition) is 2. The molecule has 1 heterocycles. The number of benzene rings is 1. The molecule has 0 unspecified atom stereocenters. The number of thiocarbonyl (C=S) groups is 1. The molecule has 2 rings (SSSR count). The molecule has 7 heteroatoms. The Bertz CT molecular complexity index is 666. The van der Waals surface area contributed by atoms with E-state index in [0.717, 1.165) is 24.8 Å². The van der Waals surface area contributed by atoms with Gasteiger partial charge >= 0.3 is 0 Å². The summed E-state index contributed by atoms with van der Waals surface area (Å²) in [4.78, 5) is 0.358. The number of rotatable bonds is 4. The highest BCUT2D eigenvalue weighted by Crippen LogP contribution is 2.26. The first-order valence-electron chi connectivity index (χ1n) is 7.99. The summed E-state index contributed by atoms with van der Waals surface area (Å²) in [5, 5.41) is 6.63. The average Bonchev–Trinajstić information content (AvgIpc) is 2.49. The summed E-state index contributed by atoms with van der Waals surface area (Å²) < 4.78 is 27.3. The molecule has 0 aliphatic carbocycles. The third-order valence-electron chi connectivity index (χ3n) is 3.80. The summed E-state index contributed by atoms with van der Waals surface area (Å²) >= 11 is 5.22. The van der Waals surface area contributed by atoms with Crippen LogP contribution in [0.15, 0.2) is 23.1 Å². The van der Waals surface area contributed by atoms with Crippen LogP contribution in [0.4, 0.5) is 5.69 Å². The van der Waals surface area contributed by atoms with E-state index >= 15 is 0 Å². The van der Waals surface area contributed by atoms with Crippen molar-refractivity contribution in [2.75, 3.05) is 18.4 Å². The van der Waals surface area contributed by atoms with Crippen LogP contribution in [-0.4, -0.2) is 37.0 Å². The van der Waals surface area contributed by atoms with Crippen LogP contribution in [0.2, 0.25) is 0 Å². The molecule has 1 saturated heterocycles. The average molecular weight is 356 g/mol. The number of hydrogen-bond acceptors (Lipinski definition) is 3. The highest BCUT2D eigenvalue weighted by molar-refractivity contribution is 7.89. The van der Waals surface area contributed by atoms with E-state index in [1.165, 1.54) is 0 Å². The van der Waals surface area contributed by atoms with Gasteiger partial charge in [-0.1, -0.05) is 12.5 Å². The van der Waals surface area contributed by atoms with Crippen LogP contribution < -0.4 is 10.6 Å². The van der Waals surface area contributed by atoms with Gasteiger partial charge in [-0.15, -0.1) is 0 Å². The van der Waals surface area contributed by atoms with E-state index in [-0.39, 0.29) is 6.04 Å². The summed E-state index contributed by atoms with van der Waals surface area (Å²) in [5.74, 6) is 0. The summed E-state index contributed by atoms with van der Waals surface area (Å²) in [6.45, 7) is 7.02. The largest absolute Gasteiger partial charge is 0.360 e. The lowest BCUT2D eigenvalue weighted by Crippen LogP contribution is -2.36. The Morgan fingerprint density at radius 3 is 2.48 bits per heavy atom. The molecule has 0 aromatic heterocycles. The summed E-state index contributed by atoms with van der Waals surface area (Å²) in [7, 11) is -3.44. The molecule has 1 fully saturated rings. The van der Waals surface area contributed by atoms with E-state index in [4.69, 9.17) is 12.2 Å². The van der Waals surface area contributed by atoms with Gasteiger partial charge in [-0.25, -0.2) is 8.42 Å². The van der Waals surface area contributed by atoms with Crippen LogP contribution in [0, 0.1) is 6.92 Å². The Labute approximate surface area is 144 Å². The Hall–Kier alpha value is -1.18. The van der Waals surface area contributed by atoms with Gasteiger partial charge in [0.1, 0.15) is 0 Å². The van der Waals surface area contributed by atoms with Crippen LogP contribution in [0.1, 0.15) is 38.7 Å². The quantitative estimate of drug-likeness (QED) is 0.813. The number of anilines is 1. The normalized spacial score (nSPS) is 16.3. The zero-order chi connectivity index (χ0) is 17.0. The van der Waals surface area contributed by atoms with Gasteiger partial charge in [-0.3, -0.25) is 0 Å². The molecule has 0 bridgehead atoms. The molecule has 1 aliphatic heterocycles. The lowest BCUT2D eigenvalue weighted by atomic mass is 10.2. The van der Waals surface area contributed by atoms with Crippen molar-refractivity contribution >= 4 is 33.0 Å². The third-order valence-corrected chi connectivity index (χ3v) is 6.06. The molecular formula is C16H25N3O2S2. The van der Waals surface area contributed by atoms with Gasteiger partial charge in [0.15, 0.2) is 5.11 Å². The Morgan fingerprint density at radius 1 is 1.22 bits per heavy atom. The number of nitrogens with zero attached hydrogens (tertiary/aromatic N) is 1. The molecular weight excluding hydrogens is 330 g/mol. The highest BCUT2D eigenvalue weighted by Gasteiger charge is 2.27. The van der Waals surface area contributed by atoms with Crippen LogP contribution in [0.5, 0.6) is 0 Å². The molecule has 0 radical (unpaired) electrons. The van der Waals surface area contributed by atoms with Crippen molar-refractivity contribution in [1.82, 2.24) is 9.62 Å². The zero-order valence-corrected chi connectivity index (χ0v) is 15.6. The van der Waals surface area contributed by atoms with Gasteiger partial charge in [-0.2, -0.15) is 4.31 Å². The number of aryl methyl sites for hydroxylation is 1. The number of sulfonamides is 1. The summed E-state index contributed by atoms with van der Waals surface area (Å²) in [6, 6.07) is 5.56. The van der Waals surface area contributed by atoms with Crippen LogP contribution >= 0.6 is 12.2 Å². The fourth-order valence-electron chi connectivity index (χ4n) is 2.63. The Balaban J connectivity index is 2.24. The van der Waals surface area contributed by atoms with E-state index in [0.29, 0.717) is 28.8 Å². The van der Waals surface area contributed by atoms with Crippen LogP contribution in [-0.2, 0) is 10.0 Å². The maximum Gasteiger partial charge on any atom is 0.243 e. The van der Waals surface area contributed by atoms with E-state index in [1.54, 1.807) is 10.4 Å².